The van der Waals surface area contributed by atoms with Gasteiger partial charge in [-0.3, -0.25) is 10.1 Å². The molecular weight excluding hydrogens is 377 g/mol. The Bertz CT molecular complexity index is 976. The summed E-state index contributed by atoms with van der Waals surface area (Å²) in [5.41, 5.74) is 3.70. The van der Waals surface area contributed by atoms with Gasteiger partial charge in [-0.25, -0.2) is 0 Å². The van der Waals surface area contributed by atoms with E-state index in [1.54, 1.807) is 6.07 Å². The van der Waals surface area contributed by atoms with Crippen molar-refractivity contribution in [1.29, 1.82) is 0 Å². The Morgan fingerprint density at radius 2 is 1.86 bits per heavy atom. The van der Waals surface area contributed by atoms with E-state index in [4.69, 9.17) is 15.3 Å². The molecule has 28 heavy (non-hydrogen) atoms. The molecule has 0 saturated carbocycles. The molecule has 9 heteroatoms. The topological polar surface area (TPSA) is 102 Å². The van der Waals surface area contributed by atoms with Gasteiger partial charge < -0.3 is 20.4 Å². The molecule has 2 aliphatic rings. The molecular formula is C19H17F3N2O4. The minimum absolute atomic E-state index is 0.102. The molecule has 0 saturated heterocycles. The summed E-state index contributed by atoms with van der Waals surface area (Å²) >= 11 is 0. The third kappa shape index (κ3) is 2.36. The van der Waals surface area contributed by atoms with Crippen LogP contribution in [0.4, 0.5) is 18.9 Å². The Morgan fingerprint density at radius 1 is 1.21 bits per heavy atom. The van der Waals surface area contributed by atoms with Gasteiger partial charge in [0.15, 0.2) is 11.3 Å². The Hall–Kier alpha value is -2.91. The molecule has 0 bridgehead atoms. The Morgan fingerprint density at radius 3 is 2.43 bits per heavy atom. The van der Waals surface area contributed by atoms with Crippen molar-refractivity contribution in [3.05, 3.63) is 58.7 Å². The van der Waals surface area contributed by atoms with Gasteiger partial charge in [-0.15, -0.1) is 0 Å². The van der Waals surface area contributed by atoms with Crippen molar-refractivity contribution in [3.63, 3.8) is 0 Å². The molecule has 0 spiro atoms. The van der Waals surface area contributed by atoms with Crippen LogP contribution in [0.2, 0.25) is 0 Å². The number of benzene rings is 2. The number of nitrogen functional groups attached to an aromatic ring is 1. The summed E-state index contributed by atoms with van der Waals surface area (Å²) < 4.78 is 44.4. The van der Waals surface area contributed by atoms with Gasteiger partial charge in [-0.2, -0.15) is 13.2 Å². The number of halogens is 3. The predicted molar refractivity (Wildman–Crippen MR) is 93.6 cm³/mol. The third-order valence-electron chi connectivity index (χ3n) is 4.88. The van der Waals surface area contributed by atoms with Crippen molar-refractivity contribution in [1.82, 2.24) is 5.32 Å². The molecule has 4 rings (SSSR count). The van der Waals surface area contributed by atoms with E-state index in [0.29, 0.717) is 0 Å². The fraction of sp³-hybridized carbons (Fsp3) is 0.263. The van der Waals surface area contributed by atoms with Crippen LogP contribution in [0, 0.1) is 0 Å². The van der Waals surface area contributed by atoms with Gasteiger partial charge in [-0.1, -0.05) is 18.2 Å². The molecule has 6 nitrogen and oxygen atoms in total. The van der Waals surface area contributed by atoms with Crippen molar-refractivity contribution in [2.45, 2.75) is 24.4 Å². The van der Waals surface area contributed by atoms with E-state index < -0.39 is 28.8 Å². The van der Waals surface area contributed by atoms with E-state index in [2.05, 4.69) is 5.32 Å². The lowest BCUT2D eigenvalue weighted by Gasteiger charge is -2.33. The zero-order valence-electron chi connectivity index (χ0n) is 14.9. The number of ketones is 1. The summed E-state index contributed by atoms with van der Waals surface area (Å²) in [6.07, 6.45) is -3.82. The van der Waals surface area contributed by atoms with Gasteiger partial charge >= 0.3 is 6.18 Å². The quantitative estimate of drug-likeness (QED) is 0.507. The van der Waals surface area contributed by atoms with Crippen LogP contribution in [-0.4, -0.2) is 24.2 Å². The molecule has 1 heterocycles. The van der Waals surface area contributed by atoms with Crippen LogP contribution < -0.4 is 15.8 Å². The van der Waals surface area contributed by atoms with Gasteiger partial charge in [0.05, 0.1) is 11.1 Å². The van der Waals surface area contributed by atoms with Gasteiger partial charge in [0.1, 0.15) is 12.0 Å². The van der Waals surface area contributed by atoms with Crippen molar-refractivity contribution < 1.29 is 32.6 Å². The van der Waals surface area contributed by atoms with E-state index in [-0.39, 0.29) is 28.1 Å². The molecule has 0 fully saturated rings. The van der Waals surface area contributed by atoms with Crippen LogP contribution in [0.3, 0.4) is 0 Å². The first kappa shape index (κ1) is 19.8. The van der Waals surface area contributed by atoms with E-state index >= 15 is 0 Å². The Balaban J connectivity index is 0.000000706. The standard InChI is InChI=1S/C17H13F3N2O3.C2H4O/c1-22-15-9-6-5-8(17(18,19)20)7-12(9)25-16(15,24)10-3-2-4-11(21)13(10)14(15)23;1-2-3/h2-7,22,24H,21H2,1H3;2H,1H3. The summed E-state index contributed by atoms with van der Waals surface area (Å²) in [6.45, 7) is 1.44. The molecule has 0 amide bonds. The number of likely N-dealkylation sites (N-methyl/N-ethyl adjacent to an activating group) is 1. The smallest absolute Gasteiger partial charge is 0.416 e. The molecule has 2 unspecified atom stereocenters. The number of hydrogen-bond donors (Lipinski definition) is 3. The lowest BCUT2D eigenvalue weighted by Crippen LogP contribution is -2.57. The number of rotatable bonds is 1. The first-order valence-electron chi connectivity index (χ1n) is 8.24. The molecule has 1 aliphatic carbocycles. The highest BCUT2D eigenvalue weighted by molar-refractivity contribution is 6.13. The number of alkyl halides is 3. The molecule has 148 valence electrons. The number of nitrogens with two attached hydrogens (primary N) is 1. The number of nitrogens with one attached hydrogen (secondary N) is 1. The lowest BCUT2D eigenvalue weighted by molar-refractivity contribution is -0.170. The minimum atomic E-state index is -4.57. The summed E-state index contributed by atoms with van der Waals surface area (Å²) in [4.78, 5) is 21.9. The number of fused-ring (bicyclic) bond motifs is 5. The maximum atomic E-state index is 13.1. The number of aliphatic hydroxyl groups is 1. The third-order valence-corrected chi connectivity index (χ3v) is 4.88. The van der Waals surface area contributed by atoms with Crippen LogP contribution >= 0.6 is 0 Å². The van der Waals surface area contributed by atoms with Crippen LogP contribution in [0.15, 0.2) is 36.4 Å². The molecule has 2 atom stereocenters. The summed E-state index contributed by atoms with van der Waals surface area (Å²) in [5.74, 6) is -2.94. The zero-order chi connectivity index (χ0) is 20.9. The second-order valence-electron chi connectivity index (χ2n) is 6.29. The second-order valence-corrected chi connectivity index (χ2v) is 6.29. The van der Waals surface area contributed by atoms with Crippen LogP contribution in [0.25, 0.3) is 0 Å². The minimum Gasteiger partial charge on any atom is -0.455 e. The van der Waals surface area contributed by atoms with E-state index in [1.165, 1.54) is 26.1 Å². The normalized spacial score (nSPS) is 24.4. The highest BCUT2D eigenvalue weighted by Gasteiger charge is 2.70. The lowest BCUT2D eigenvalue weighted by atomic mass is 9.83. The number of carbonyl (C=O) groups excluding carboxylic acids is 2. The maximum absolute atomic E-state index is 13.1. The Kier molecular flexibility index (Phi) is 4.48. The number of aldehydes is 1. The highest BCUT2D eigenvalue weighted by Crippen LogP contribution is 2.59. The number of ether oxygens (including phenoxy) is 1. The van der Waals surface area contributed by atoms with Crippen LogP contribution in [0.5, 0.6) is 5.75 Å². The average molecular weight is 394 g/mol. The number of Topliss-reactive ketones (excluding diaryl/α,β-unsaturated/α-hetero) is 1. The molecule has 1 aliphatic heterocycles. The average Bonchev–Trinajstić information content (AvgIpc) is 2.99. The first-order valence-corrected chi connectivity index (χ1v) is 8.24. The number of carbonyl (C=O) groups is 2. The molecule has 0 aromatic heterocycles. The summed E-state index contributed by atoms with van der Waals surface area (Å²) in [7, 11) is 1.43. The van der Waals surface area contributed by atoms with Gasteiger partial charge in [0.2, 0.25) is 0 Å². The fourth-order valence-electron chi connectivity index (χ4n) is 3.76. The van der Waals surface area contributed by atoms with Crippen molar-refractivity contribution in [2.75, 3.05) is 12.8 Å². The molecule has 0 radical (unpaired) electrons. The number of hydrogen-bond acceptors (Lipinski definition) is 6. The SMILES string of the molecule is CC=O.CNC12C(=O)c3c(N)cccc3C1(O)Oc1cc(C(F)(F)F)ccc12. The van der Waals surface area contributed by atoms with Crippen LogP contribution in [-0.2, 0) is 22.3 Å². The van der Waals surface area contributed by atoms with E-state index in [9.17, 15) is 23.1 Å². The van der Waals surface area contributed by atoms with E-state index in [0.717, 1.165) is 24.5 Å². The van der Waals surface area contributed by atoms with Crippen molar-refractivity contribution in [2.24, 2.45) is 0 Å². The van der Waals surface area contributed by atoms with Crippen molar-refractivity contribution >= 4 is 17.8 Å². The molecule has 2 aromatic carbocycles. The van der Waals surface area contributed by atoms with Gasteiger partial charge in [-0.05, 0) is 32.2 Å². The van der Waals surface area contributed by atoms with Gasteiger partial charge in [0.25, 0.3) is 5.79 Å². The maximum Gasteiger partial charge on any atom is 0.416 e. The largest absolute Gasteiger partial charge is 0.455 e. The second kappa shape index (κ2) is 6.32. The van der Waals surface area contributed by atoms with Crippen molar-refractivity contribution in [3.8, 4) is 5.75 Å². The van der Waals surface area contributed by atoms with E-state index in [1.807, 2.05) is 0 Å². The summed E-state index contributed by atoms with van der Waals surface area (Å²) in [5, 5.41) is 14.0. The monoisotopic (exact) mass is 394 g/mol. The fourth-order valence-corrected chi connectivity index (χ4v) is 3.76. The highest BCUT2D eigenvalue weighted by atomic mass is 19.4. The van der Waals surface area contributed by atoms with Gasteiger partial charge in [0, 0.05) is 16.8 Å². The first-order chi connectivity index (χ1) is 13.1. The molecule has 2 aromatic rings. The molecule has 4 N–H and O–H groups in total. The predicted octanol–water partition coefficient (Wildman–Crippen LogP) is 2.34. The van der Waals surface area contributed by atoms with Crippen LogP contribution in [0.1, 0.15) is 34.0 Å². The Labute approximate surface area is 158 Å². The summed E-state index contributed by atoms with van der Waals surface area (Å²) in [6, 6.07) is 7.30. The zero-order valence-corrected chi connectivity index (χ0v) is 14.9. The number of anilines is 1.